The van der Waals surface area contributed by atoms with E-state index >= 15 is 0 Å². The van der Waals surface area contributed by atoms with E-state index in [4.69, 9.17) is 0 Å². The van der Waals surface area contributed by atoms with Gasteiger partial charge in [0.1, 0.15) is 6.54 Å². The topological polar surface area (TPSA) is 83.3 Å². The molecule has 3 N–H and O–H groups in total. The van der Waals surface area contributed by atoms with Gasteiger partial charge in [-0.2, -0.15) is 5.10 Å². The van der Waals surface area contributed by atoms with E-state index in [1.54, 1.807) is 0 Å². The number of guanidine groups is 1. The Bertz CT molecular complexity index is 812. The van der Waals surface area contributed by atoms with Crippen LogP contribution in [0.4, 0.5) is 0 Å². The van der Waals surface area contributed by atoms with Crippen molar-refractivity contribution < 1.29 is 4.79 Å². The van der Waals surface area contributed by atoms with Gasteiger partial charge in [-0.15, -0.1) is 0 Å². The van der Waals surface area contributed by atoms with Gasteiger partial charge in [-0.05, 0) is 51.7 Å². The van der Waals surface area contributed by atoms with Crippen molar-refractivity contribution in [1.82, 2.24) is 25.7 Å². The summed E-state index contributed by atoms with van der Waals surface area (Å²) in [6, 6.07) is 10.3. The summed E-state index contributed by atoms with van der Waals surface area (Å²) in [5, 5.41) is 14.0. The minimum Gasteiger partial charge on any atom is -0.357 e. The maximum Gasteiger partial charge on any atom is 0.241 e. The second-order valence-corrected chi connectivity index (χ2v) is 7.30. The molecule has 1 amide bonds. The van der Waals surface area contributed by atoms with E-state index < -0.39 is 0 Å². The van der Waals surface area contributed by atoms with Gasteiger partial charge < -0.3 is 16.0 Å². The van der Waals surface area contributed by atoms with Crippen LogP contribution in [0.1, 0.15) is 36.4 Å². The first-order chi connectivity index (χ1) is 13.9. The number of amides is 1. The predicted octanol–water partition coefficient (Wildman–Crippen LogP) is 1.88. The second-order valence-electron chi connectivity index (χ2n) is 7.30. The Kier molecular flexibility index (Phi) is 8.70. The molecule has 1 atom stereocenters. The molecule has 0 spiro atoms. The number of aromatic nitrogens is 2. The van der Waals surface area contributed by atoms with Crippen LogP contribution in [-0.2, 0) is 24.7 Å². The van der Waals surface area contributed by atoms with Crippen molar-refractivity contribution in [3.63, 3.8) is 0 Å². The van der Waals surface area contributed by atoms with Crippen LogP contribution in [0.5, 0.6) is 0 Å². The minimum absolute atomic E-state index is 0.0789. The zero-order valence-corrected chi connectivity index (χ0v) is 18.2. The van der Waals surface area contributed by atoms with Crippen molar-refractivity contribution in [2.45, 2.75) is 46.6 Å². The molecule has 2 rings (SSSR count). The van der Waals surface area contributed by atoms with Crippen molar-refractivity contribution in [2.24, 2.45) is 12.0 Å². The Morgan fingerprint density at radius 3 is 2.55 bits per heavy atom. The fourth-order valence-electron chi connectivity index (χ4n) is 3.22. The van der Waals surface area contributed by atoms with E-state index in [2.05, 4.69) is 52.0 Å². The lowest BCUT2D eigenvalue weighted by molar-refractivity contribution is -0.119. The molecule has 1 aromatic carbocycles. The van der Waals surface area contributed by atoms with Crippen LogP contribution in [0.2, 0.25) is 0 Å². The van der Waals surface area contributed by atoms with Gasteiger partial charge in [0.25, 0.3) is 0 Å². The molecule has 0 radical (unpaired) electrons. The molecule has 1 aromatic heterocycles. The first kappa shape index (κ1) is 22.5. The number of aliphatic imine (C=N–C) groups is 1. The Labute approximate surface area is 174 Å². The zero-order chi connectivity index (χ0) is 21.2. The van der Waals surface area contributed by atoms with Crippen molar-refractivity contribution in [3.8, 4) is 0 Å². The van der Waals surface area contributed by atoms with Crippen molar-refractivity contribution in [2.75, 3.05) is 19.6 Å². The van der Waals surface area contributed by atoms with Gasteiger partial charge in [-0.25, -0.2) is 4.99 Å². The molecule has 0 fully saturated rings. The first-order valence-electron chi connectivity index (χ1n) is 10.2. The highest BCUT2D eigenvalue weighted by Crippen LogP contribution is 2.14. The molecule has 1 unspecified atom stereocenters. The van der Waals surface area contributed by atoms with Crippen LogP contribution < -0.4 is 16.0 Å². The van der Waals surface area contributed by atoms with Crippen molar-refractivity contribution in [3.05, 3.63) is 52.8 Å². The lowest BCUT2D eigenvalue weighted by Gasteiger charge is -2.18. The number of rotatable bonds is 9. The third-order valence-corrected chi connectivity index (χ3v) is 4.86. The summed E-state index contributed by atoms with van der Waals surface area (Å²) in [5.41, 5.74) is 4.69. The largest absolute Gasteiger partial charge is 0.357 e. The molecule has 7 nitrogen and oxygen atoms in total. The van der Waals surface area contributed by atoms with Gasteiger partial charge in [0, 0.05) is 31.9 Å². The lowest BCUT2D eigenvalue weighted by atomic mass is 10.1. The number of carbonyl (C=O) groups excluding carboxylic acids is 1. The van der Waals surface area contributed by atoms with Gasteiger partial charge in [-0.1, -0.05) is 30.3 Å². The van der Waals surface area contributed by atoms with Crippen LogP contribution in [0.15, 0.2) is 35.3 Å². The SMILES string of the molecule is CCNC(=NCC(=O)NCCc1ccccc1)NC(C)Cc1c(C)nn(C)c1C. The second kappa shape index (κ2) is 11.2. The zero-order valence-electron chi connectivity index (χ0n) is 18.2. The average molecular weight is 399 g/mol. The number of nitrogens with zero attached hydrogens (tertiary/aromatic N) is 3. The molecule has 0 aliphatic carbocycles. The summed E-state index contributed by atoms with van der Waals surface area (Å²) in [7, 11) is 1.96. The fraction of sp³-hybridized carbons (Fsp3) is 0.500. The van der Waals surface area contributed by atoms with Gasteiger partial charge >= 0.3 is 0 Å². The van der Waals surface area contributed by atoms with E-state index in [9.17, 15) is 4.79 Å². The van der Waals surface area contributed by atoms with E-state index in [0.717, 1.165) is 25.1 Å². The standard InChI is InChI=1S/C22H34N6O/c1-6-23-22(26-16(2)14-20-17(3)27-28(5)18(20)4)25-15-21(29)24-13-12-19-10-8-7-9-11-19/h7-11,16H,6,12-15H2,1-5H3,(H,24,29)(H2,23,25,26). The summed E-state index contributed by atoms with van der Waals surface area (Å²) in [5.74, 6) is 0.571. The van der Waals surface area contributed by atoms with Crippen LogP contribution in [0.25, 0.3) is 0 Å². The van der Waals surface area contributed by atoms with Crippen LogP contribution in [0.3, 0.4) is 0 Å². The molecule has 0 saturated heterocycles. The molecule has 29 heavy (non-hydrogen) atoms. The summed E-state index contributed by atoms with van der Waals surface area (Å²) in [4.78, 5) is 16.6. The molecule has 2 aromatic rings. The third-order valence-electron chi connectivity index (χ3n) is 4.86. The molecular weight excluding hydrogens is 364 g/mol. The maximum absolute atomic E-state index is 12.1. The molecule has 0 aliphatic heterocycles. The smallest absolute Gasteiger partial charge is 0.241 e. The lowest BCUT2D eigenvalue weighted by Crippen LogP contribution is -2.43. The van der Waals surface area contributed by atoms with Crippen LogP contribution in [-0.4, -0.2) is 47.3 Å². The molecule has 0 bridgehead atoms. The van der Waals surface area contributed by atoms with E-state index in [1.807, 2.05) is 43.8 Å². The van der Waals surface area contributed by atoms with Crippen molar-refractivity contribution in [1.29, 1.82) is 0 Å². The normalized spacial score (nSPS) is 12.5. The first-order valence-corrected chi connectivity index (χ1v) is 10.2. The molecule has 7 heteroatoms. The van der Waals surface area contributed by atoms with Gasteiger partial charge in [-0.3, -0.25) is 9.48 Å². The van der Waals surface area contributed by atoms with Gasteiger partial charge in [0.05, 0.1) is 5.69 Å². The Morgan fingerprint density at radius 2 is 1.93 bits per heavy atom. The van der Waals surface area contributed by atoms with Crippen LogP contribution >= 0.6 is 0 Å². The van der Waals surface area contributed by atoms with E-state index in [0.29, 0.717) is 12.5 Å². The number of hydrogen-bond donors (Lipinski definition) is 3. The highest BCUT2D eigenvalue weighted by molar-refractivity contribution is 5.85. The monoisotopic (exact) mass is 398 g/mol. The molecule has 1 heterocycles. The number of aryl methyl sites for hydroxylation is 2. The Hall–Kier alpha value is -2.83. The fourth-order valence-corrected chi connectivity index (χ4v) is 3.22. The Morgan fingerprint density at radius 1 is 1.21 bits per heavy atom. The van der Waals surface area contributed by atoms with Crippen LogP contribution in [0, 0.1) is 13.8 Å². The quantitative estimate of drug-likeness (QED) is 0.445. The third kappa shape index (κ3) is 7.25. The average Bonchev–Trinajstić information content (AvgIpc) is 2.93. The van der Waals surface area contributed by atoms with Gasteiger partial charge in [0.15, 0.2) is 5.96 Å². The van der Waals surface area contributed by atoms with E-state index in [1.165, 1.54) is 16.8 Å². The molecular formula is C22H34N6O. The highest BCUT2D eigenvalue weighted by Gasteiger charge is 2.14. The Balaban J connectivity index is 1.83. The van der Waals surface area contributed by atoms with Crippen molar-refractivity contribution >= 4 is 11.9 Å². The summed E-state index contributed by atoms with van der Waals surface area (Å²) in [6.07, 6.45) is 1.66. The van der Waals surface area contributed by atoms with E-state index in [-0.39, 0.29) is 18.5 Å². The molecule has 158 valence electrons. The summed E-state index contributed by atoms with van der Waals surface area (Å²) >= 11 is 0. The maximum atomic E-state index is 12.1. The highest BCUT2D eigenvalue weighted by atomic mass is 16.1. The number of nitrogens with one attached hydrogen (secondary N) is 3. The molecule has 0 aliphatic rings. The minimum atomic E-state index is -0.0789. The summed E-state index contributed by atoms with van der Waals surface area (Å²) in [6.45, 7) is 9.68. The number of hydrogen-bond acceptors (Lipinski definition) is 3. The summed E-state index contributed by atoms with van der Waals surface area (Å²) < 4.78 is 1.91. The van der Waals surface area contributed by atoms with Gasteiger partial charge in [0.2, 0.25) is 5.91 Å². The molecule has 0 saturated carbocycles. The number of carbonyl (C=O) groups is 1. The number of benzene rings is 1. The predicted molar refractivity (Wildman–Crippen MR) is 118 cm³/mol.